The molecule has 96 valence electrons. The van der Waals surface area contributed by atoms with Crippen LogP contribution in [0.25, 0.3) is 0 Å². The second kappa shape index (κ2) is 4.40. The smallest absolute Gasteiger partial charge is 0.178 e. The minimum atomic E-state index is -3.22. The molecule has 1 aliphatic rings. The molecule has 1 fully saturated rings. The van der Waals surface area contributed by atoms with Crippen molar-refractivity contribution in [3.8, 4) is 0 Å². The predicted octanol–water partition coefficient (Wildman–Crippen LogP) is -0.599. The highest BCUT2D eigenvalue weighted by molar-refractivity contribution is 7.90. The molecule has 0 unspecified atom stereocenters. The van der Waals surface area contributed by atoms with Crippen LogP contribution in [0.1, 0.15) is 12.8 Å². The van der Waals surface area contributed by atoms with Crippen LogP contribution in [0.2, 0.25) is 0 Å². The number of hydrogen-bond acceptors (Lipinski definition) is 5. The van der Waals surface area contributed by atoms with Crippen molar-refractivity contribution in [1.29, 1.82) is 0 Å². The summed E-state index contributed by atoms with van der Waals surface area (Å²) in [5.74, 6) is 0. The third kappa shape index (κ3) is 3.05. The lowest BCUT2D eigenvalue weighted by Gasteiger charge is -2.32. The molecule has 0 spiro atoms. The highest BCUT2D eigenvalue weighted by atomic mass is 32.2. The maximum atomic E-state index is 11.3. The van der Waals surface area contributed by atoms with Gasteiger partial charge in [-0.15, -0.1) is 0 Å². The van der Waals surface area contributed by atoms with Gasteiger partial charge in [0.2, 0.25) is 0 Å². The summed E-state index contributed by atoms with van der Waals surface area (Å²) < 4.78 is 24.1. The van der Waals surface area contributed by atoms with Crippen LogP contribution in [0.4, 0.5) is 0 Å². The minimum absolute atomic E-state index is 0.190. The van der Waals surface area contributed by atoms with Gasteiger partial charge in [-0.1, -0.05) is 0 Å². The van der Waals surface area contributed by atoms with E-state index < -0.39 is 15.4 Å². The first-order valence-electron chi connectivity index (χ1n) is 5.55. The number of sulfone groups is 1. The fourth-order valence-corrected chi connectivity index (χ4v) is 2.53. The van der Waals surface area contributed by atoms with E-state index in [9.17, 15) is 13.5 Å². The second-order valence-electron chi connectivity index (χ2n) is 4.62. The Labute approximate surface area is 101 Å². The Morgan fingerprint density at radius 2 is 2.18 bits per heavy atom. The first kappa shape index (κ1) is 12.5. The van der Waals surface area contributed by atoms with Gasteiger partial charge in [0.05, 0.1) is 18.3 Å². The molecule has 1 aromatic rings. The standard InChI is InChI=1S/C10H17N3O3S/c1-17(15,16)9-6-12-13(7-9)8-10(14)2-4-11-5-3-10/h6-7,11,14H,2-5,8H2,1H3. The van der Waals surface area contributed by atoms with E-state index in [0.29, 0.717) is 19.4 Å². The normalized spacial score (nSPS) is 20.4. The van der Waals surface area contributed by atoms with Crippen LogP contribution in [0.5, 0.6) is 0 Å². The Morgan fingerprint density at radius 3 is 2.71 bits per heavy atom. The van der Waals surface area contributed by atoms with E-state index in [2.05, 4.69) is 10.4 Å². The largest absolute Gasteiger partial charge is 0.388 e. The highest BCUT2D eigenvalue weighted by Gasteiger charge is 2.30. The molecule has 1 aromatic heterocycles. The molecule has 2 N–H and O–H groups in total. The monoisotopic (exact) mass is 259 g/mol. The van der Waals surface area contributed by atoms with Gasteiger partial charge in [-0.05, 0) is 25.9 Å². The molecular formula is C10H17N3O3S. The van der Waals surface area contributed by atoms with E-state index in [0.717, 1.165) is 19.3 Å². The summed E-state index contributed by atoms with van der Waals surface area (Å²) in [6.07, 6.45) is 5.24. The number of aliphatic hydroxyl groups is 1. The van der Waals surface area contributed by atoms with E-state index in [4.69, 9.17) is 0 Å². The summed E-state index contributed by atoms with van der Waals surface area (Å²) in [7, 11) is -3.22. The fourth-order valence-electron chi connectivity index (χ4n) is 1.97. The molecule has 2 heterocycles. The van der Waals surface area contributed by atoms with Crippen LogP contribution in [-0.2, 0) is 16.4 Å². The molecule has 0 aliphatic carbocycles. The average molecular weight is 259 g/mol. The molecule has 17 heavy (non-hydrogen) atoms. The zero-order valence-electron chi connectivity index (χ0n) is 9.76. The SMILES string of the molecule is CS(=O)(=O)c1cnn(CC2(O)CCNCC2)c1. The van der Waals surface area contributed by atoms with Crippen LogP contribution in [-0.4, -0.2) is 48.3 Å². The minimum Gasteiger partial charge on any atom is -0.388 e. The molecular weight excluding hydrogens is 242 g/mol. The Kier molecular flexibility index (Phi) is 3.24. The summed E-state index contributed by atoms with van der Waals surface area (Å²) in [6, 6.07) is 0. The topological polar surface area (TPSA) is 84.2 Å². The highest BCUT2D eigenvalue weighted by Crippen LogP contribution is 2.20. The van der Waals surface area contributed by atoms with Gasteiger partial charge in [0.25, 0.3) is 0 Å². The second-order valence-corrected chi connectivity index (χ2v) is 6.64. The Balaban J connectivity index is 2.11. The number of rotatable bonds is 3. The maximum Gasteiger partial charge on any atom is 0.178 e. The molecule has 1 aliphatic heterocycles. The molecule has 0 radical (unpaired) electrons. The van der Waals surface area contributed by atoms with E-state index in [1.807, 2.05) is 0 Å². The third-order valence-electron chi connectivity index (χ3n) is 3.03. The first-order chi connectivity index (χ1) is 7.89. The van der Waals surface area contributed by atoms with Crippen molar-refractivity contribution in [3.05, 3.63) is 12.4 Å². The van der Waals surface area contributed by atoms with E-state index >= 15 is 0 Å². The summed E-state index contributed by atoms with van der Waals surface area (Å²) in [6.45, 7) is 1.89. The Hall–Kier alpha value is -0.920. The Morgan fingerprint density at radius 1 is 1.53 bits per heavy atom. The van der Waals surface area contributed by atoms with Crippen LogP contribution in [0.3, 0.4) is 0 Å². The van der Waals surface area contributed by atoms with E-state index in [1.165, 1.54) is 17.1 Å². The maximum absolute atomic E-state index is 11.3. The number of piperidine rings is 1. The zero-order chi connectivity index (χ0) is 12.5. The van der Waals surface area contributed by atoms with Crippen molar-refractivity contribution in [1.82, 2.24) is 15.1 Å². The molecule has 0 bridgehead atoms. The van der Waals surface area contributed by atoms with Gasteiger partial charge in [0.15, 0.2) is 9.84 Å². The molecule has 0 saturated carbocycles. The molecule has 2 rings (SSSR count). The quantitative estimate of drug-likeness (QED) is 0.757. The van der Waals surface area contributed by atoms with Crippen LogP contribution in [0.15, 0.2) is 17.3 Å². The molecule has 0 atom stereocenters. The summed E-state index contributed by atoms with van der Waals surface area (Å²) >= 11 is 0. The lowest BCUT2D eigenvalue weighted by molar-refractivity contribution is -0.00828. The molecule has 6 nitrogen and oxygen atoms in total. The van der Waals surface area contributed by atoms with Crippen molar-refractivity contribution in [3.63, 3.8) is 0 Å². The average Bonchev–Trinajstić information content (AvgIpc) is 2.66. The van der Waals surface area contributed by atoms with Gasteiger partial charge in [-0.3, -0.25) is 4.68 Å². The summed E-state index contributed by atoms with van der Waals surface area (Å²) in [5, 5.41) is 17.4. The lowest BCUT2D eigenvalue weighted by Crippen LogP contribution is -2.44. The molecule has 7 heteroatoms. The van der Waals surface area contributed by atoms with Crippen LogP contribution >= 0.6 is 0 Å². The van der Waals surface area contributed by atoms with Gasteiger partial charge in [0.1, 0.15) is 4.90 Å². The Bertz CT molecular complexity index is 489. The molecule has 0 aromatic carbocycles. The van der Waals surface area contributed by atoms with Crippen molar-refractivity contribution in [2.75, 3.05) is 19.3 Å². The summed E-state index contributed by atoms with van der Waals surface area (Å²) in [4.78, 5) is 0.190. The number of nitrogens with one attached hydrogen (secondary N) is 1. The van der Waals surface area contributed by atoms with Crippen LogP contribution in [0, 0.1) is 0 Å². The number of nitrogens with zero attached hydrogens (tertiary/aromatic N) is 2. The lowest BCUT2D eigenvalue weighted by atomic mass is 9.92. The molecule has 1 saturated heterocycles. The fraction of sp³-hybridized carbons (Fsp3) is 0.700. The molecule has 0 amide bonds. The van der Waals surface area contributed by atoms with Crippen LogP contribution < -0.4 is 5.32 Å². The summed E-state index contributed by atoms with van der Waals surface area (Å²) in [5.41, 5.74) is -0.786. The van der Waals surface area contributed by atoms with E-state index in [1.54, 1.807) is 0 Å². The van der Waals surface area contributed by atoms with Crippen molar-refractivity contribution >= 4 is 9.84 Å². The zero-order valence-corrected chi connectivity index (χ0v) is 10.6. The van der Waals surface area contributed by atoms with Crippen molar-refractivity contribution in [2.24, 2.45) is 0 Å². The van der Waals surface area contributed by atoms with Crippen molar-refractivity contribution in [2.45, 2.75) is 29.9 Å². The predicted molar refractivity (Wildman–Crippen MR) is 62.4 cm³/mol. The van der Waals surface area contributed by atoms with Gasteiger partial charge in [-0.25, -0.2) is 8.42 Å². The van der Waals surface area contributed by atoms with Crippen molar-refractivity contribution < 1.29 is 13.5 Å². The van der Waals surface area contributed by atoms with Gasteiger partial charge >= 0.3 is 0 Å². The van der Waals surface area contributed by atoms with E-state index in [-0.39, 0.29) is 4.90 Å². The van der Waals surface area contributed by atoms with Gasteiger partial charge in [0, 0.05) is 12.5 Å². The number of hydrogen-bond donors (Lipinski definition) is 2. The van der Waals surface area contributed by atoms with Gasteiger partial charge < -0.3 is 10.4 Å². The third-order valence-corrected chi connectivity index (χ3v) is 4.10. The number of aromatic nitrogens is 2. The van der Waals surface area contributed by atoms with Gasteiger partial charge in [-0.2, -0.15) is 5.10 Å². The first-order valence-corrected chi connectivity index (χ1v) is 7.44.